The topological polar surface area (TPSA) is 45.4 Å². The minimum absolute atomic E-state index is 0.0191. The third-order valence-electron chi connectivity index (χ3n) is 3.65. The average molecular weight is 288 g/mol. The molecule has 1 aliphatic heterocycles. The van der Waals surface area contributed by atoms with E-state index in [9.17, 15) is 0 Å². The molecule has 4 nitrogen and oxygen atoms in total. The molecule has 20 heavy (non-hydrogen) atoms. The number of nitrogens with two attached hydrogens (primary N) is 1. The third kappa shape index (κ3) is 2.78. The lowest BCUT2D eigenvalue weighted by molar-refractivity contribution is 0.650. The summed E-state index contributed by atoms with van der Waals surface area (Å²) in [7, 11) is 0. The zero-order valence-electron chi connectivity index (χ0n) is 11.7. The zero-order valence-corrected chi connectivity index (χ0v) is 12.5. The Labute approximate surface area is 123 Å². The predicted molar refractivity (Wildman–Crippen MR) is 85.6 cm³/mol. The van der Waals surface area contributed by atoms with E-state index in [1.807, 2.05) is 6.92 Å². The molecule has 1 fully saturated rings. The van der Waals surface area contributed by atoms with Gasteiger partial charge in [-0.25, -0.2) is 4.98 Å². The number of rotatable bonds is 3. The Morgan fingerprint density at radius 3 is 2.35 bits per heavy atom. The van der Waals surface area contributed by atoms with E-state index >= 15 is 0 Å². The Morgan fingerprint density at radius 2 is 1.75 bits per heavy atom. The smallest absolute Gasteiger partial charge is 0.185 e. The van der Waals surface area contributed by atoms with Crippen LogP contribution in [0.5, 0.6) is 0 Å². The van der Waals surface area contributed by atoms with Crippen molar-refractivity contribution < 1.29 is 0 Å². The van der Waals surface area contributed by atoms with Crippen LogP contribution in [0, 0.1) is 0 Å². The molecule has 1 saturated heterocycles. The average Bonchev–Trinajstić information content (AvgIpc) is 2.98. The van der Waals surface area contributed by atoms with Gasteiger partial charge in [-0.2, -0.15) is 0 Å². The molecule has 2 heterocycles. The van der Waals surface area contributed by atoms with Gasteiger partial charge >= 0.3 is 0 Å². The van der Waals surface area contributed by atoms with Crippen LogP contribution in [0.4, 0.5) is 10.8 Å². The van der Waals surface area contributed by atoms with Gasteiger partial charge in [-0.3, -0.25) is 0 Å². The number of thiazole rings is 1. The zero-order chi connectivity index (χ0) is 13.9. The Hall–Kier alpha value is -1.59. The first-order valence-corrected chi connectivity index (χ1v) is 7.88. The van der Waals surface area contributed by atoms with Crippen molar-refractivity contribution in [3.05, 3.63) is 41.4 Å². The predicted octanol–water partition coefficient (Wildman–Crippen LogP) is 2.49. The van der Waals surface area contributed by atoms with E-state index < -0.39 is 0 Å². The number of hydrogen-bond donors (Lipinski definition) is 1. The minimum Gasteiger partial charge on any atom is -0.368 e. The van der Waals surface area contributed by atoms with Gasteiger partial charge in [-0.05, 0) is 19.1 Å². The molecule has 2 aromatic rings. The summed E-state index contributed by atoms with van der Waals surface area (Å²) >= 11 is 1.70. The van der Waals surface area contributed by atoms with Crippen molar-refractivity contribution in [3.8, 4) is 0 Å². The van der Waals surface area contributed by atoms with Crippen LogP contribution in [-0.4, -0.2) is 31.2 Å². The number of benzene rings is 1. The fraction of sp³-hybridized carbons (Fsp3) is 0.400. The molecular weight excluding hydrogens is 268 g/mol. The van der Waals surface area contributed by atoms with Crippen molar-refractivity contribution in [1.29, 1.82) is 0 Å². The van der Waals surface area contributed by atoms with Gasteiger partial charge in [0.2, 0.25) is 0 Å². The standard InChI is InChI=1S/C15H20N4S/c1-12(16)14-11-20-15(17-14)19-9-7-18(8-10-19)13-5-3-2-4-6-13/h2-6,11-12H,7-10,16H2,1H3. The quantitative estimate of drug-likeness (QED) is 0.942. The molecule has 3 rings (SSSR count). The summed E-state index contributed by atoms with van der Waals surface area (Å²) in [5.74, 6) is 0. The SMILES string of the molecule is CC(N)c1csc(N2CCN(c3ccccc3)CC2)n1. The van der Waals surface area contributed by atoms with Gasteiger partial charge < -0.3 is 15.5 Å². The van der Waals surface area contributed by atoms with Crippen LogP contribution in [-0.2, 0) is 0 Å². The number of piperazine rings is 1. The first-order chi connectivity index (χ1) is 9.74. The van der Waals surface area contributed by atoms with Gasteiger partial charge in [0, 0.05) is 43.3 Å². The van der Waals surface area contributed by atoms with E-state index in [1.54, 1.807) is 11.3 Å². The van der Waals surface area contributed by atoms with Crippen molar-refractivity contribution in [2.24, 2.45) is 5.73 Å². The number of nitrogens with zero attached hydrogens (tertiary/aromatic N) is 3. The van der Waals surface area contributed by atoms with Crippen molar-refractivity contribution in [2.75, 3.05) is 36.0 Å². The van der Waals surface area contributed by atoms with E-state index in [-0.39, 0.29) is 6.04 Å². The summed E-state index contributed by atoms with van der Waals surface area (Å²) in [4.78, 5) is 9.42. The van der Waals surface area contributed by atoms with Crippen molar-refractivity contribution in [1.82, 2.24) is 4.98 Å². The van der Waals surface area contributed by atoms with Crippen LogP contribution in [0.2, 0.25) is 0 Å². The van der Waals surface area contributed by atoms with E-state index in [0.717, 1.165) is 37.0 Å². The highest BCUT2D eigenvalue weighted by atomic mass is 32.1. The number of para-hydroxylation sites is 1. The van der Waals surface area contributed by atoms with Gasteiger partial charge in [-0.1, -0.05) is 18.2 Å². The van der Waals surface area contributed by atoms with Gasteiger partial charge in [0.1, 0.15) is 0 Å². The van der Waals surface area contributed by atoms with Crippen LogP contribution < -0.4 is 15.5 Å². The third-order valence-corrected chi connectivity index (χ3v) is 4.57. The van der Waals surface area contributed by atoms with E-state index in [0.29, 0.717) is 0 Å². The second-order valence-corrected chi connectivity index (χ2v) is 5.99. The summed E-state index contributed by atoms with van der Waals surface area (Å²) in [6.45, 7) is 6.09. The first kappa shape index (κ1) is 13.4. The molecule has 0 spiro atoms. The van der Waals surface area contributed by atoms with Gasteiger partial charge in [0.25, 0.3) is 0 Å². The summed E-state index contributed by atoms with van der Waals surface area (Å²) in [6, 6.07) is 10.6. The highest BCUT2D eigenvalue weighted by molar-refractivity contribution is 7.13. The van der Waals surface area contributed by atoms with E-state index in [4.69, 9.17) is 5.73 Å². The summed E-state index contributed by atoms with van der Waals surface area (Å²) in [5, 5.41) is 3.17. The molecule has 1 aliphatic rings. The summed E-state index contributed by atoms with van der Waals surface area (Å²) < 4.78 is 0. The first-order valence-electron chi connectivity index (χ1n) is 7.00. The summed E-state index contributed by atoms with van der Waals surface area (Å²) in [6.07, 6.45) is 0. The fourth-order valence-corrected chi connectivity index (χ4v) is 3.41. The minimum atomic E-state index is 0.0191. The van der Waals surface area contributed by atoms with Crippen molar-refractivity contribution in [3.63, 3.8) is 0 Å². The number of hydrogen-bond acceptors (Lipinski definition) is 5. The van der Waals surface area contributed by atoms with Crippen molar-refractivity contribution >= 4 is 22.2 Å². The molecule has 1 aromatic carbocycles. The Balaban J connectivity index is 1.63. The molecule has 0 bridgehead atoms. The largest absolute Gasteiger partial charge is 0.368 e. The second-order valence-electron chi connectivity index (χ2n) is 5.15. The van der Waals surface area contributed by atoms with Gasteiger partial charge in [0.05, 0.1) is 5.69 Å². The molecule has 106 valence electrons. The van der Waals surface area contributed by atoms with Crippen molar-refractivity contribution in [2.45, 2.75) is 13.0 Å². The second kappa shape index (κ2) is 5.81. The van der Waals surface area contributed by atoms with Gasteiger partial charge in [-0.15, -0.1) is 11.3 Å². The molecule has 0 radical (unpaired) electrons. The Kier molecular flexibility index (Phi) is 3.89. The monoisotopic (exact) mass is 288 g/mol. The molecule has 5 heteroatoms. The molecule has 1 unspecified atom stereocenters. The molecular formula is C15H20N4S. The Morgan fingerprint density at radius 1 is 1.10 bits per heavy atom. The number of anilines is 2. The highest BCUT2D eigenvalue weighted by Gasteiger charge is 2.19. The van der Waals surface area contributed by atoms with E-state index in [1.165, 1.54) is 5.69 Å². The molecule has 0 saturated carbocycles. The van der Waals surface area contributed by atoms with Crippen LogP contribution in [0.1, 0.15) is 18.7 Å². The normalized spacial score (nSPS) is 17.3. The number of aromatic nitrogens is 1. The maximum Gasteiger partial charge on any atom is 0.185 e. The molecule has 1 atom stereocenters. The van der Waals surface area contributed by atoms with E-state index in [2.05, 4.69) is 50.5 Å². The lowest BCUT2D eigenvalue weighted by Crippen LogP contribution is -2.46. The van der Waals surface area contributed by atoms with Gasteiger partial charge in [0.15, 0.2) is 5.13 Å². The molecule has 0 amide bonds. The van der Waals surface area contributed by atoms with Crippen LogP contribution >= 0.6 is 11.3 Å². The fourth-order valence-electron chi connectivity index (χ4n) is 2.43. The molecule has 0 aliphatic carbocycles. The molecule has 1 aromatic heterocycles. The summed E-state index contributed by atoms with van der Waals surface area (Å²) in [5.41, 5.74) is 8.18. The van der Waals surface area contributed by atoms with Crippen LogP contribution in [0.3, 0.4) is 0 Å². The lowest BCUT2D eigenvalue weighted by atomic mass is 10.2. The lowest BCUT2D eigenvalue weighted by Gasteiger charge is -2.36. The Bertz CT molecular complexity index is 544. The highest BCUT2D eigenvalue weighted by Crippen LogP contribution is 2.25. The van der Waals surface area contributed by atoms with Crippen LogP contribution in [0.25, 0.3) is 0 Å². The molecule has 2 N–H and O–H groups in total. The maximum absolute atomic E-state index is 5.87. The maximum atomic E-state index is 5.87. The van der Waals surface area contributed by atoms with Crippen LogP contribution in [0.15, 0.2) is 35.7 Å².